The maximum atomic E-state index is 12.3. The van der Waals surface area contributed by atoms with Crippen LogP contribution in [0, 0.1) is 0 Å². The van der Waals surface area contributed by atoms with E-state index in [1.165, 1.54) is 0 Å². The molecule has 1 aromatic carbocycles. The van der Waals surface area contributed by atoms with Gasteiger partial charge in [0.25, 0.3) is 5.91 Å². The summed E-state index contributed by atoms with van der Waals surface area (Å²) in [4.78, 5) is 14.0. The molecule has 2 aromatic rings. The average Bonchev–Trinajstić information content (AvgIpc) is 2.79. The van der Waals surface area contributed by atoms with Crippen LogP contribution in [0.15, 0.2) is 34.9 Å². The number of halogens is 2. The molecule has 1 amide bonds. The van der Waals surface area contributed by atoms with E-state index in [-0.39, 0.29) is 5.91 Å². The number of aryl methyl sites for hydroxylation is 1. The molecular weight excluding hydrogens is 342 g/mol. The highest BCUT2D eigenvalue weighted by molar-refractivity contribution is 9.10. The monoisotopic (exact) mass is 355 g/mol. The second kappa shape index (κ2) is 6.41. The smallest absolute Gasteiger partial charge is 0.253 e. The van der Waals surface area contributed by atoms with Crippen LogP contribution < -0.4 is 0 Å². The number of hydrogen-bond acceptors (Lipinski definition) is 2. The predicted molar refractivity (Wildman–Crippen MR) is 82.9 cm³/mol. The van der Waals surface area contributed by atoms with E-state index in [0.29, 0.717) is 17.1 Å². The van der Waals surface area contributed by atoms with Crippen molar-refractivity contribution in [2.24, 2.45) is 0 Å². The van der Waals surface area contributed by atoms with Crippen molar-refractivity contribution >= 4 is 33.4 Å². The molecule has 1 heterocycles. The van der Waals surface area contributed by atoms with Crippen LogP contribution in [0.4, 0.5) is 0 Å². The Morgan fingerprint density at radius 1 is 1.40 bits per heavy atom. The number of carbonyl (C=O) groups is 1. The molecule has 0 aliphatic heterocycles. The summed E-state index contributed by atoms with van der Waals surface area (Å²) in [7, 11) is 1.76. The Balaban J connectivity index is 2.15. The van der Waals surface area contributed by atoms with Crippen LogP contribution in [-0.4, -0.2) is 27.6 Å². The van der Waals surface area contributed by atoms with Crippen LogP contribution in [0.2, 0.25) is 5.02 Å². The van der Waals surface area contributed by atoms with Gasteiger partial charge in [-0.15, -0.1) is 0 Å². The third-order valence-electron chi connectivity index (χ3n) is 3.02. The number of amides is 1. The Morgan fingerprint density at radius 3 is 2.65 bits per heavy atom. The first kappa shape index (κ1) is 15.1. The SMILES string of the molecule is CCn1ncc(Cl)c1CN(C)C(=O)c1ccc(Br)cc1. The molecule has 20 heavy (non-hydrogen) atoms. The summed E-state index contributed by atoms with van der Waals surface area (Å²) in [6.07, 6.45) is 1.61. The average molecular weight is 357 g/mol. The van der Waals surface area contributed by atoms with Crippen LogP contribution in [0.3, 0.4) is 0 Å². The summed E-state index contributed by atoms with van der Waals surface area (Å²) < 4.78 is 2.75. The fraction of sp³-hybridized carbons (Fsp3) is 0.286. The first-order chi connectivity index (χ1) is 9.52. The van der Waals surface area contributed by atoms with Gasteiger partial charge in [-0.2, -0.15) is 5.10 Å². The summed E-state index contributed by atoms with van der Waals surface area (Å²) in [6, 6.07) is 7.29. The second-order valence-electron chi connectivity index (χ2n) is 4.42. The molecule has 0 fully saturated rings. The molecule has 106 valence electrons. The quantitative estimate of drug-likeness (QED) is 0.839. The lowest BCUT2D eigenvalue weighted by Crippen LogP contribution is -2.27. The van der Waals surface area contributed by atoms with E-state index in [9.17, 15) is 4.79 Å². The van der Waals surface area contributed by atoms with Gasteiger partial charge in [0, 0.05) is 23.6 Å². The van der Waals surface area contributed by atoms with Crippen molar-refractivity contribution in [1.82, 2.24) is 14.7 Å². The van der Waals surface area contributed by atoms with Gasteiger partial charge in [0.15, 0.2) is 0 Å². The molecule has 6 heteroatoms. The highest BCUT2D eigenvalue weighted by Crippen LogP contribution is 2.18. The van der Waals surface area contributed by atoms with Gasteiger partial charge in [-0.1, -0.05) is 27.5 Å². The highest BCUT2D eigenvalue weighted by atomic mass is 79.9. The third-order valence-corrected chi connectivity index (χ3v) is 3.87. The van der Waals surface area contributed by atoms with Gasteiger partial charge < -0.3 is 4.90 Å². The molecular formula is C14H15BrClN3O. The standard InChI is InChI=1S/C14H15BrClN3O/c1-3-19-13(12(16)8-17-19)9-18(2)14(20)10-4-6-11(15)7-5-10/h4-8H,3,9H2,1-2H3. The van der Waals surface area contributed by atoms with E-state index < -0.39 is 0 Å². The fourth-order valence-electron chi connectivity index (χ4n) is 1.93. The Hall–Kier alpha value is -1.33. The first-order valence-corrected chi connectivity index (χ1v) is 7.41. The molecule has 0 aliphatic rings. The Kier molecular flexibility index (Phi) is 4.83. The molecule has 0 unspecified atom stereocenters. The molecule has 0 bridgehead atoms. The van der Waals surface area contributed by atoms with Gasteiger partial charge in [-0.25, -0.2) is 0 Å². The third kappa shape index (κ3) is 3.22. The second-order valence-corrected chi connectivity index (χ2v) is 5.75. The molecule has 2 rings (SSSR count). The van der Waals surface area contributed by atoms with Crippen molar-refractivity contribution in [2.45, 2.75) is 20.0 Å². The summed E-state index contributed by atoms with van der Waals surface area (Å²) in [5.74, 6) is -0.0441. The summed E-state index contributed by atoms with van der Waals surface area (Å²) in [5, 5.41) is 4.76. The van der Waals surface area contributed by atoms with Gasteiger partial charge in [0.2, 0.25) is 0 Å². The van der Waals surface area contributed by atoms with E-state index in [1.54, 1.807) is 35.0 Å². The lowest BCUT2D eigenvalue weighted by molar-refractivity contribution is 0.0781. The van der Waals surface area contributed by atoms with Gasteiger partial charge in [-0.3, -0.25) is 9.48 Å². The summed E-state index contributed by atoms with van der Waals surface area (Å²) in [5.41, 5.74) is 1.50. The first-order valence-electron chi connectivity index (χ1n) is 6.24. The zero-order valence-corrected chi connectivity index (χ0v) is 13.6. The van der Waals surface area contributed by atoms with Crippen molar-refractivity contribution in [3.63, 3.8) is 0 Å². The largest absolute Gasteiger partial charge is 0.336 e. The zero-order chi connectivity index (χ0) is 14.7. The van der Waals surface area contributed by atoms with Gasteiger partial charge in [-0.05, 0) is 31.2 Å². The molecule has 0 N–H and O–H groups in total. The van der Waals surface area contributed by atoms with Crippen molar-refractivity contribution in [1.29, 1.82) is 0 Å². The number of rotatable bonds is 4. The molecule has 4 nitrogen and oxygen atoms in total. The predicted octanol–water partition coefficient (Wildman–Crippen LogP) is 3.59. The van der Waals surface area contributed by atoms with Gasteiger partial charge in [0.1, 0.15) is 0 Å². The summed E-state index contributed by atoms with van der Waals surface area (Å²) >= 11 is 9.47. The van der Waals surface area contributed by atoms with Crippen LogP contribution in [0.1, 0.15) is 23.0 Å². The van der Waals surface area contributed by atoms with E-state index in [2.05, 4.69) is 21.0 Å². The van der Waals surface area contributed by atoms with Crippen molar-refractivity contribution in [2.75, 3.05) is 7.05 Å². The molecule has 0 saturated carbocycles. The van der Waals surface area contributed by atoms with E-state index in [4.69, 9.17) is 11.6 Å². The maximum Gasteiger partial charge on any atom is 0.253 e. The van der Waals surface area contributed by atoms with Crippen LogP contribution >= 0.6 is 27.5 Å². The minimum absolute atomic E-state index is 0.0441. The lowest BCUT2D eigenvalue weighted by atomic mass is 10.2. The van der Waals surface area contributed by atoms with Gasteiger partial charge in [0.05, 0.1) is 23.5 Å². The number of nitrogens with zero attached hydrogens (tertiary/aromatic N) is 3. The van der Waals surface area contributed by atoms with Crippen molar-refractivity contribution in [3.8, 4) is 0 Å². The number of carbonyl (C=O) groups excluding carboxylic acids is 1. The lowest BCUT2D eigenvalue weighted by Gasteiger charge is -2.18. The van der Waals surface area contributed by atoms with Crippen LogP contribution in [0.25, 0.3) is 0 Å². The Labute approximate surface area is 131 Å². The topological polar surface area (TPSA) is 38.1 Å². The minimum atomic E-state index is -0.0441. The van der Waals surface area contributed by atoms with E-state index in [1.807, 2.05) is 19.1 Å². The zero-order valence-electron chi connectivity index (χ0n) is 11.3. The fourth-order valence-corrected chi connectivity index (χ4v) is 2.39. The number of aromatic nitrogens is 2. The number of benzene rings is 1. The normalized spacial score (nSPS) is 10.6. The maximum absolute atomic E-state index is 12.3. The van der Waals surface area contributed by atoms with Gasteiger partial charge >= 0.3 is 0 Å². The molecule has 0 atom stereocenters. The molecule has 1 aromatic heterocycles. The van der Waals surface area contributed by atoms with Crippen molar-refractivity contribution < 1.29 is 4.79 Å². The minimum Gasteiger partial charge on any atom is -0.336 e. The van der Waals surface area contributed by atoms with Crippen molar-refractivity contribution in [3.05, 3.63) is 51.2 Å². The molecule has 0 spiro atoms. The Morgan fingerprint density at radius 2 is 2.05 bits per heavy atom. The molecule has 0 radical (unpaired) electrons. The Bertz CT molecular complexity index is 609. The molecule has 0 aliphatic carbocycles. The van der Waals surface area contributed by atoms with Crippen LogP contribution in [0.5, 0.6) is 0 Å². The number of hydrogen-bond donors (Lipinski definition) is 0. The van der Waals surface area contributed by atoms with Crippen LogP contribution in [-0.2, 0) is 13.1 Å². The van der Waals surface area contributed by atoms with E-state index in [0.717, 1.165) is 16.7 Å². The highest BCUT2D eigenvalue weighted by Gasteiger charge is 2.16. The summed E-state index contributed by atoms with van der Waals surface area (Å²) in [6.45, 7) is 3.15. The van der Waals surface area contributed by atoms with E-state index >= 15 is 0 Å². The molecule has 0 saturated heterocycles.